The maximum Gasteiger partial charge on any atom is 0.238 e. The van der Waals surface area contributed by atoms with Crippen molar-refractivity contribution in [1.82, 2.24) is 24.1 Å². The third-order valence-electron chi connectivity index (χ3n) is 14.4. The lowest BCUT2D eigenvalue weighted by Crippen LogP contribution is -2.10. The molecule has 0 bridgehead atoms. The summed E-state index contributed by atoms with van der Waals surface area (Å²) in [6, 6.07) is 55.9. The first-order valence-corrected chi connectivity index (χ1v) is 24.7. The van der Waals surface area contributed by atoms with Crippen LogP contribution < -0.4 is 0 Å². The lowest BCUT2D eigenvalue weighted by molar-refractivity contribution is 0.590. The second-order valence-corrected chi connectivity index (χ2v) is 21.8. The number of fused-ring (bicyclic) bond motifs is 6. The lowest BCUT2D eigenvalue weighted by Gasteiger charge is -2.19. The summed E-state index contributed by atoms with van der Waals surface area (Å²) in [6.45, 7) is 27.0. The zero-order valence-electron chi connectivity index (χ0n) is 42.7. The molecular weight excluding hydrogens is 851 g/mol. The van der Waals surface area contributed by atoms with Crippen LogP contribution in [0.1, 0.15) is 86.1 Å². The molecule has 0 aliphatic rings. The summed E-state index contributed by atoms with van der Waals surface area (Å²) in [6.07, 6.45) is 0. The first kappa shape index (κ1) is 44.9. The molecule has 0 saturated heterocycles. The van der Waals surface area contributed by atoms with Crippen LogP contribution in [-0.4, -0.2) is 24.1 Å². The van der Waals surface area contributed by atoms with Crippen LogP contribution in [0.4, 0.5) is 0 Å². The van der Waals surface area contributed by atoms with Crippen molar-refractivity contribution in [2.24, 2.45) is 0 Å². The minimum Gasteiger partial charge on any atom is -0.309 e. The Morgan fingerprint density at radius 2 is 0.771 bits per heavy atom. The normalized spacial score (nSPS) is 12.3. The average Bonchev–Trinajstić information content (AvgIpc) is 3.82. The summed E-state index contributed by atoms with van der Waals surface area (Å²) in [7, 11) is 0. The number of rotatable bonds is 6. The van der Waals surface area contributed by atoms with E-state index in [2.05, 4.69) is 238 Å². The fourth-order valence-corrected chi connectivity index (χ4v) is 11.2. The molecule has 5 nitrogen and oxygen atoms in total. The van der Waals surface area contributed by atoms with Crippen molar-refractivity contribution in [3.05, 3.63) is 196 Å². The summed E-state index contributed by atoms with van der Waals surface area (Å²) >= 11 is 0. The Labute approximate surface area is 412 Å². The highest BCUT2D eigenvalue weighted by Crippen LogP contribution is 2.42. The SMILES string of the molecule is Cc1cc(C)c(-c2ccc3c(c2)c2cc(-c4c(C)cc(C)cc4C)ccc2n3-c2nc(-c3ccccc3)nc(-c3ccccc3-n3c4ccc(C(C)(C)C)cc4c4cc(C(C)(C)C)ccc43)n2)c(C)c1. The van der Waals surface area contributed by atoms with Gasteiger partial charge in [-0.1, -0.05) is 144 Å². The van der Waals surface area contributed by atoms with Crippen molar-refractivity contribution >= 4 is 43.6 Å². The summed E-state index contributed by atoms with van der Waals surface area (Å²) in [5, 5.41) is 4.77. The number of aromatic nitrogens is 5. The van der Waals surface area contributed by atoms with Gasteiger partial charge in [0.2, 0.25) is 5.95 Å². The van der Waals surface area contributed by atoms with Gasteiger partial charge in [-0.15, -0.1) is 0 Å². The van der Waals surface area contributed by atoms with E-state index in [1.807, 2.05) is 6.07 Å². The third kappa shape index (κ3) is 7.60. The molecule has 8 aromatic carbocycles. The first-order chi connectivity index (χ1) is 33.4. The van der Waals surface area contributed by atoms with Gasteiger partial charge >= 0.3 is 0 Å². The Morgan fingerprint density at radius 3 is 1.26 bits per heavy atom. The zero-order chi connectivity index (χ0) is 49.0. The lowest BCUT2D eigenvalue weighted by atomic mass is 9.85. The first-order valence-electron chi connectivity index (χ1n) is 24.7. The van der Waals surface area contributed by atoms with Crippen molar-refractivity contribution in [2.75, 3.05) is 0 Å². The minimum absolute atomic E-state index is 0.00959. The highest BCUT2D eigenvalue weighted by molar-refractivity contribution is 6.12. The van der Waals surface area contributed by atoms with Gasteiger partial charge in [0.1, 0.15) is 0 Å². The molecule has 0 aliphatic heterocycles. The van der Waals surface area contributed by atoms with Crippen molar-refractivity contribution < 1.29 is 0 Å². The van der Waals surface area contributed by atoms with Crippen LogP contribution >= 0.6 is 0 Å². The average molecular weight is 912 g/mol. The second-order valence-electron chi connectivity index (χ2n) is 21.8. The van der Waals surface area contributed by atoms with E-state index in [1.165, 1.54) is 77.5 Å². The van der Waals surface area contributed by atoms with Gasteiger partial charge in [0, 0.05) is 32.7 Å². The molecule has 0 amide bonds. The van der Waals surface area contributed by atoms with Crippen LogP contribution in [0, 0.1) is 41.5 Å². The summed E-state index contributed by atoms with van der Waals surface area (Å²) in [4.78, 5) is 16.3. The molecule has 3 aromatic heterocycles. The number of para-hydroxylation sites is 1. The monoisotopic (exact) mass is 911 g/mol. The maximum absolute atomic E-state index is 5.56. The standard InChI is InChI=1S/C65H61N5/c1-38-30-40(3)59(41(4)31-38)45-22-26-57-50(34-45)51-35-46(60-42(5)32-39(2)33-43(60)6)23-27-58(51)70(57)63-67-61(44-18-14-13-15-19-44)66-62(68-63)49-20-16-17-21-54(49)69-55-28-24-47(64(7,8)9)36-52(55)53-37-48(65(10,11)12)25-29-56(53)69/h13-37H,1-12H3. The Bertz CT molecular complexity index is 3670. The van der Waals surface area contributed by atoms with Crippen LogP contribution in [-0.2, 0) is 10.8 Å². The van der Waals surface area contributed by atoms with Gasteiger partial charge in [-0.2, -0.15) is 9.97 Å². The van der Waals surface area contributed by atoms with Crippen LogP contribution in [0.2, 0.25) is 0 Å². The van der Waals surface area contributed by atoms with Crippen molar-refractivity contribution in [3.63, 3.8) is 0 Å². The van der Waals surface area contributed by atoms with Crippen LogP contribution in [0.25, 0.3) is 100 Å². The van der Waals surface area contributed by atoms with Gasteiger partial charge in [0.05, 0.1) is 27.8 Å². The van der Waals surface area contributed by atoms with E-state index < -0.39 is 0 Å². The fourth-order valence-electron chi connectivity index (χ4n) is 11.2. The maximum atomic E-state index is 5.56. The molecule has 0 radical (unpaired) electrons. The number of aryl methyl sites for hydroxylation is 6. The van der Waals surface area contributed by atoms with Crippen LogP contribution in [0.3, 0.4) is 0 Å². The predicted octanol–water partition coefficient (Wildman–Crippen LogP) is 17.2. The van der Waals surface area contributed by atoms with Crippen molar-refractivity contribution in [1.29, 1.82) is 0 Å². The van der Waals surface area contributed by atoms with E-state index in [9.17, 15) is 0 Å². The molecule has 0 aliphatic carbocycles. The molecule has 11 rings (SSSR count). The van der Waals surface area contributed by atoms with Gasteiger partial charge < -0.3 is 4.57 Å². The Kier molecular flexibility index (Phi) is 10.6. The Hall–Kier alpha value is -7.63. The van der Waals surface area contributed by atoms with E-state index in [4.69, 9.17) is 15.0 Å². The van der Waals surface area contributed by atoms with Gasteiger partial charge in [0.25, 0.3) is 0 Å². The highest BCUT2D eigenvalue weighted by atomic mass is 15.2. The van der Waals surface area contributed by atoms with Crippen molar-refractivity contribution in [2.45, 2.75) is 93.9 Å². The molecule has 0 N–H and O–H groups in total. The molecule has 3 heterocycles. The fraction of sp³-hybridized carbons (Fsp3) is 0.215. The number of nitrogens with zero attached hydrogens (tertiary/aromatic N) is 5. The molecule has 0 fully saturated rings. The molecule has 5 heteroatoms. The minimum atomic E-state index is -0.00959. The van der Waals surface area contributed by atoms with Crippen molar-refractivity contribution in [3.8, 4) is 56.7 Å². The molecule has 346 valence electrons. The Balaban J connectivity index is 1.19. The van der Waals surface area contributed by atoms with Gasteiger partial charge in [-0.3, -0.25) is 4.57 Å². The molecule has 70 heavy (non-hydrogen) atoms. The van der Waals surface area contributed by atoms with E-state index in [1.54, 1.807) is 0 Å². The van der Waals surface area contributed by atoms with E-state index in [-0.39, 0.29) is 10.8 Å². The summed E-state index contributed by atoms with van der Waals surface area (Å²) in [5.74, 6) is 1.78. The molecule has 0 spiro atoms. The molecule has 0 saturated carbocycles. The summed E-state index contributed by atoms with van der Waals surface area (Å²) < 4.78 is 4.67. The van der Waals surface area contributed by atoms with Crippen LogP contribution in [0.5, 0.6) is 0 Å². The summed E-state index contributed by atoms with van der Waals surface area (Å²) in [5.41, 5.74) is 22.4. The van der Waals surface area contributed by atoms with Gasteiger partial charge in [-0.05, 0) is 169 Å². The molecule has 0 atom stereocenters. The van der Waals surface area contributed by atoms with E-state index in [0.29, 0.717) is 17.6 Å². The largest absolute Gasteiger partial charge is 0.309 e. The van der Waals surface area contributed by atoms with Gasteiger partial charge in [-0.25, -0.2) is 4.98 Å². The Morgan fingerprint density at radius 1 is 0.357 bits per heavy atom. The van der Waals surface area contributed by atoms with Gasteiger partial charge in [0.15, 0.2) is 11.6 Å². The zero-order valence-corrected chi connectivity index (χ0v) is 42.7. The predicted molar refractivity (Wildman–Crippen MR) is 296 cm³/mol. The molecule has 0 unspecified atom stereocenters. The molecular formula is C65H61N5. The molecule has 11 aromatic rings. The quantitative estimate of drug-likeness (QED) is 0.167. The third-order valence-corrected chi connectivity index (χ3v) is 14.4. The van der Waals surface area contributed by atoms with E-state index >= 15 is 0 Å². The smallest absolute Gasteiger partial charge is 0.238 e. The second kappa shape index (κ2) is 16.5. The topological polar surface area (TPSA) is 48.5 Å². The number of hydrogen-bond acceptors (Lipinski definition) is 3. The van der Waals surface area contributed by atoms with E-state index in [0.717, 1.165) is 49.7 Å². The highest BCUT2D eigenvalue weighted by Gasteiger charge is 2.25. The van der Waals surface area contributed by atoms with Crippen LogP contribution in [0.15, 0.2) is 152 Å². The number of benzene rings is 8. The number of hydrogen-bond donors (Lipinski definition) is 0.